The number of carbonyl (C=O) groups is 1. The predicted octanol–water partition coefficient (Wildman–Crippen LogP) is 4.12. The molecule has 0 saturated heterocycles. The Balaban J connectivity index is 1.70. The van der Waals surface area contributed by atoms with Crippen LogP contribution in [0.15, 0.2) is 79.1 Å². The molecule has 0 aliphatic rings. The lowest BCUT2D eigenvalue weighted by atomic mass is 9.91. The molecule has 4 heteroatoms. The molecule has 0 saturated carbocycles. The lowest BCUT2D eigenvalue weighted by Gasteiger charge is -2.24. The van der Waals surface area contributed by atoms with Crippen molar-refractivity contribution in [2.24, 2.45) is 0 Å². The van der Waals surface area contributed by atoms with Crippen molar-refractivity contribution in [3.63, 3.8) is 0 Å². The maximum atomic E-state index is 13.3. The predicted molar refractivity (Wildman–Crippen MR) is 111 cm³/mol. The third-order valence-electron chi connectivity index (χ3n) is 4.93. The number of nitrogens with zero attached hydrogens (tertiary/aromatic N) is 2. The highest BCUT2D eigenvalue weighted by molar-refractivity contribution is 5.84. The summed E-state index contributed by atoms with van der Waals surface area (Å²) < 4.78 is 5.20. The highest BCUT2D eigenvalue weighted by Gasteiger charge is 2.24. The fraction of sp³-hybridized carbons (Fsp3) is 0.250. The van der Waals surface area contributed by atoms with Crippen LogP contribution in [-0.4, -0.2) is 36.5 Å². The van der Waals surface area contributed by atoms with Crippen molar-refractivity contribution in [3.8, 4) is 5.75 Å². The minimum Gasteiger partial charge on any atom is -0.497 e. The van der Waals surface area contributed by atoms with E-state index in [1.807, 2.05) is 84.9 Å². The number of aromatic nitrogens is 1. The first-order valence-electron chi connectivity index (χ1n) is 9.49. The van der Waals surface area contributed by atoms with Crippen molar-refractivity contribution in [3.05, 3.63) is 95.8 Å². The first kappa shape index (κ1) is 19.6. The van der Waals surface area contributed by atoms with Gasteiger partial charge in [0.2, 0.25) is 5.91 Å². The standard InChI is InChI=1S/C24H26N2O2/c1-26(16-14-19-10-12-22(28-2)13-11-19)24(27)23(21-8-4-3-5-9-21)17-20-7-6-15-25-18-20/h3-13,15,18,23H,14,16-17H2,1-2H3. The van der Waals surface area contributed by atoms with Crippen LogP contribution in [0.3, 0.4) is 0 Å². The van der Waals surface area contributed by atoms with E-state index < -0.39 is 0 Å². The van der Waals surface area contributed by atoms with Crippen LogP contribution in [0, 0.1) is 0 Å². The number of likely N-dealkylation sites (N-methyl/N-ethyl adjacent to an activating group) is 1. The molecule has 1 atom stereocenters. The molecule has 1 heterocycles. The maximum Gasteiger partial charge on any atom is 0.230 e. The Morgan fingerprint density at radius 2 is 1.75 bits per heavy atom. The quantitative estimate of drug-likeness (QED) is 0.596. The van der Waals surface area contributed by atoms with Crippen molar-refractivity contribution >= 4 is 5.91 Å². The number of ether oxygens (including phenoxy) is 1. The van der Waals surface area contributed by atoms with Crippen LogP contribution in [0.1, 0.15) is 22.6 Å². The van der Waals surface area contributed by atoms with Gasteiger partial charge in [-0.2, -0.15) is 0 Å². The molecular weight excluding hydrogens is 348 g/mol. The summed E-state index contributed by atoms with van der Waals surface area (Å²) in [6, 6.07) is 21.9. The average molecular weight is 374 g/mol. The number of carbonyl (C=O) groups excluding carboxylic acids is 1. The Hall–Kier alpha value is -3.14. The molecular formula is C24H26N2O2. The number of methoxy groups -OCH3 is 1. The monoisotopic (exact) mass is 374 g/mol. The molecule has 0 aliphatic heterocycles. The summed E-state index contributed by atoms with van der Waals surface area (Å²) in [7, 11) is 3.54. The SMILES string of the molecule is COc1ccc(CCN(C)C(=O)C(Cc2cccnc2)c2ccccc2)cc1. The largest absolute Gasteiger partial charge is 0.497 e. The summed E-state index contributed by atoms with van der Waals surface area (Å²) in [5.74, 6) is 0.753. The van der Waals surface area contributed by atoms with E-state index >= 15 is 0 Å². The van der Waals surface area contributed by atoms with Crippen molar-refractivity contribution in [1.82, 2.24) is 9.88 Å². The zero-order chi connectivity index (χ0) is 19.8. The molecule has 0 bridgehead atoms. The Morgan fingerprint density at radius 3 is 2.39 bits per heavy atom. The van der Waals surface area contributed by atoms with Crippen molar-refractivity contribution in [2.75, 3.05) is 20.7 Å². The summed E-state index contributed by atoms with van der Waals surface area (Å²) in [5.41, 5.74) is 3.28. The lowest BCUT2D eigenvalue weighted by molar-refractivity contribution is -0.131. The van der Waals surface area contributed by atoms with Gasteiger partial charge in [0.1, 0.15) is 5.75 Å². The zero-order valence-corrected chi connectivity index (χ0v) is 16.4. The van der Waals surface area contributed by atoms with Crippen LogP contribution in [0.2, 0.25) is 0 Å². The summed E-state index contributed by atoms with van der Waals surface area (Å²) in [5, 5.41) is 0. The van der Waals surface area contributed by atoms with Gasteiger partial charge in [-0.3, -0.25) is 9.78 Å². The summed E-state index contributed by atoms with van der Waals surface area (Å²) in [4.78, 5) is 19.3. The van der Waals surface area contributed by atoms with E-state index in [9.17, 15) is 4.79 Å². The molecule has 0 N–H and O–H groups in total. The average Bonchev–Trinajstić information content (AvgIpc) is 2.77. The molecule has 1 aromatic heterocycles. The Bertz CT molecular complexity index is 864. The van der Waals surface area contributed by atoms with E-state index in [0.29, 0.717) is 13.0 Å². The van der Waals surface area contributed by atoms with E-state index in [4.69, 9.17) is 4.74 Å². The number of benzene rings is 2. The van der Waals surface area contributed by atoms with Crippen LogP contribution in [-0.2, 0) is 17.6 Å². The van der Waals surface area contributed by atoms with Crippen LogP contribution >= 0.6 is 0 Å². The van der Waals surface area contributed by atoms with E-state index in [2.05, 4.69) is 4.98 Å². The van der Waals surface area contributed by atoms with Crippen LogP contribution < -0.4 is 4.74 Å². The number of hydrogen-bond acceptors (Lipinski definition) is 3. The Kier molecular flexibility index (Phi) is 6.79. The smallest absolute Gasteiger partial charge is 0.230 e. The summed E-state index contributed by atoms with van der Waals surface area (Å²) in [6.07, 6.45) is 5.04. The highest BCUT2D eigenvalue weighted by Crippen LogP contribution is 2.23. The minimum absolute atomic E-state index is 0.128. The van der Waals surface area contributed by atoms with Gasteiger partial charge in [0, 0.05) is 26.0 Å². The Morgan fingerprint density at radius 1 is 1.00 bits per heavy atom. The molecule has 1 unspecified atom stereocenters. The molecule has 0 spiro atoms. The molecule has 144 valence electrons. The number of pyridine rings is 1. The molecule has 0 fully saturated rings. The van der Waals surface area contributed by atoms with Gasteiger partial charge in [-0.15, -0.1) is 0 Å². The van der Waals surface area contributed by atoms with Gasteiger partial charge >= 0.3 is 0 Å². The topological polar surface area (TPSA) is 42.4 Å². The maximum absolute atomic E-state index is 13.3. The number of hydrogen-bond donors (Lipinski definition) is 0. The molecule has 2 aromatic carbocycles. The fourth-order valence-corrected chi connectivity index (χ4v) is 3.25. The highest BCUT2D eigenvalue weighted by atomic mass is 16.5. The van der Waals surface area contributed by atoms with E-state index in [1.165, 1.54) is 5.56 Å². The molecule has 0 aliphatic carbocycles. The van der Waals surface area contributed by atoms with Crippen LogP contribution in [0.4, 0.5) is 0 Å². The molecule has 1 amide bonds. The third kappa shape index (κ3) is 5.19. The van der Waals surface area contributed by atoms with Crippen molar-refractivity contribution < 1.29 is 9.53 Å². The van der Waals surface area contributed by atoms with Gasteiger partial charge in [0.15, 0.2) is 0 Å². The van der Waals surface area contributed by atoms with Gasteiger partial charge < -0.3 is 9.64 Å². The van der Waals surface area contributed by atoms with Crippen molar-refractivity contribution in [2.45, 2.75) is 18.8 Å². The van der Waals surface area contributed by atoms with Crippen LogP contribution in [0.25, 0.3) is 0 Å². The molecule has 28 heavy (non-hydrogen) atoms. The number of amides is 1. The van der Waals surface area contributed by atoms with Gasteiger partial charge in [-0.05, 0) is 47.7 Å². The van der Waals surface area contributed by atoms with Gasteiger partial charge in [-0.1, -0.05) is 48.5 Å². The summed E-state index contributed by atoms with van der Waals surface area (Å²) >= 11 is 0. The van der Waals surface area contributed by atoms with E-state index in [-0.39, 0.29) is 11.8 Å². The van der Waals surface area contributed by atoms with Gasteiger partial charge in [0.25, 0.3) is 0 Å². The molecule has 4 nitrogen and oxygen atoms in total. The van der Waals surface area contributed by atoms with E-state index in [0.717, 1.165) is 23.3 Å². The third-order valence-corrected chi connectivity index (χ3v) is 4.93. The molecule has 3 rings (SSSR count). The minimum atomic E-state index is -0.216. The number of rotatable bonds is 8. The fourth-order valence-electron chi connectivity index (χ4n) is 3.25. The molecule has 3 aromatic rings. The van der Waals surface area contributed by atoms with Gasteiger partial charge in [-0.25, -0.2) is 0 Å². The second-order valence-electron chi connectivity index (χ2n) is 6.89. The first-order chi connectivity index (χ1) is 13.7. The first-order valence-corrected chi connectivity index (χ1v) is 9.49. The molecule has 0 radical (unpaired) electrons. The second-order valence-corrected chi connectivity index (χ2v) is 6.89. The van der Waals surface area contributed by atoms with Crippen LogP contribution in [0.5, 0.6) is 5.75 Å². The van der Waals surface area contributed by atoms with Gasteiger partial charge in [0.05, 0.1) is 13.0 Å². The lowest BCUT2D eigenvalue weighted by Crippen LogP contribution is -2.34. The Labute approximate surface area is 166 Å². The van der Waals surface area contributed by atoms with E-state index in [1.54, 1.807) is 13.3 Å². The van der Waals surface area contributed by atoms with Crippen molar-refractivity contribution in [1.29, 1.82) is 0 Å². The zero-order valence-electron chi connectivity index (χ0n) is 16.4. The summed E-state index contributed by atoms with van der Waals surface area (Å²) in [6.45, 7) is 0.668. The normalized spacial score (nSPS) is 11.6. The second kappa shape index (κ2) is 9.70.